The van der Waals surface area contributed by atoms with Gasteiger partial charge in [0.2, 0.25) is 0 Å². The second kappa shape index (κ2) is 7.33. The van der Waals surface area contributed by atoms with Gasteiger partial charge >= 0.3 is 6.09 Å². The minimum absolute atomic E-state index is 0.217. The van der Waals surface area contributed by atoms with Gasteiger partial charge in [0.25, 0.3) is 0 Å². The van der Waals surface area contributed by atoms with E-state index in [0.717, 1.165) is 5.56 Å². The van der Waals surface area contributed by atoms with Crippen molar-refractivity contribution < 1.29 is 14.6 Å². The van der Waals surface area contributed by atoms with Gasteiger partial charge in [-0.15, -0.1) is 0 Å². The van der Waals surface area contributed by atoms with Crippen molar-refractivity contribution in [3.63, 3.8) is 0 Å². The molecule has 1 rings (SSSR count). The second-order valence-corrected chi connectivity index (χ2v) is 7.73. The third-order valence-electron chi connectivity index (χ3n) is 2.86. The van der Waals surface area contributed by atoms with Crippen LogP contribution in [0.5, 0.6) is 5.75 Å². The summed E-state index contributed by atoms with van der Waals surface area (Å²) < 4.78 is 5.88. The summed E-state index contributed by atoms with van der Waals surface area (Å²) in [5, 5.41) is 15.6. The number of aromatic hydroxyl groups is 1. The largest absolute Gasteiger partial charge is 0.507 e. The summed E-state index contributed by atoms with van der Waals surface area (Å²) in [7, 11) is 0. The molecule has 22 heavy (non-hydrogen) atoms. The fraction of sp³-hybridized carbons (Fsp3) is 0.562. The highest BCUT2D eigenvalue weighted by Gasteiger charge is 2.21. The molecular formula is C16H25BrN2O3. The van der Waals surface area contributed by atoms with E-state index in [1.165, 1.54) is 0 Å². The monoisotopic (exact) mass is 372 g/mol. The highest BCUT2D eigenvalue weighted by Crippen LogP contribution is 2.24. The third-order valence-corrected chi connectivity index (χ3v) is 3.49. The third kappa shape index (κ3) is 7.13. The summed E-state index contributed by atoms with van der Waals surface area (Å²) in [5.41, 5.74) is 0.247. The van der Waals surface area contributed by atoms with Crippen LogP contribution in [0.1, 0.15) is 40.2 Å². The van der Waals surface area contributed by atoms with Crippen LogP contribution in [0.3, 0.4) is 0 Å². The average Bonchev–Trinajstić information content (AvgIpc) is 2.36. The smallest absolute Gasteiger partial charge is 0.407 e. The van der Waals surface area contributed by atoms with Gasteiger partial charge in [-0.3, -0.25) is 0 Å². The van der Waals surface area contributed by atoms with Crippen molar-refractivity contribution in [3.05, 3.63) is 28.2 Å². The normalized spacial score (nSPS) is 12.1. The van der Waals surface area contributed by atoms with Crippen LogP contribution in [-0.2, 0) is 11.3 Å². The molecule has 0 aliphatic heterocycles. The summed E-state index contributed by atoms with van der Waals surface area (Å²) in [4.78, 5) is 11.7. The zero-order valence-corrected chi connectivity index (χ0v) is 15.4. The summed E-state index contributed by atoms with van der Waals surface area (Å²) in [6.45, 7) is 10.6. The van der Waals surface area contributed by atoms with Crippen molar-refractivity contribution in [2.45, 2.75) is 52.3 Å². The molecule has 0 spiro atoms. The molecule has 0 aliphatic rings. The lowest BCUT2D eigenvalue weighted by Crippen LogP contribution is -2.49. The highest BCUT2D eigenvalue weighted by atomic mass is 79.9. The van der Waals surface area contributed by atoms with E-state index in [1.54, 1.807) is 6.07 Å². The van der Waals surface area contributed by atoms with E-state index in [-0.39, 0.29) is 11.3 Å². The van der Waals surface area contributed by atoms with Crippen LogP contribution < -0.4 is 10.6 Å². The van der Waals surface area contributed by atoms with Crippen LogP contribution >= 0.6 is 15.9 Å². The number of phenols is 1. The van der Waals surface area contributed by atoms with Gasteiger partial charge in [0, 0.05) is 18.6 Å². The van der Waals surface area contributed by atoms with Gasteiger partial charge < -0.3 is 20.5 Å². The highest BCUT2D eigenvalue weighted by molar-refractivity contribution is 9.10. The maximum atomic E-state index is 11.7. The summed E-state index contributed by atoms with van der Waals surface area (Å²) in [6, 6.07) is 5.36. The Kier molecular flexibility index (Phi) is 6.26. The molecule has 124 valence electrons. The fourth-order valence-corrected chi connectivity index (χ4v) is 2.10. The van der Waals surface area contributed by atoms with E-state index in [0.29, 0.717) is 17.6 Å². The van der Waals surface area contributed by atoms with Gasteiger partial charge in [-0.1, -0.05) is 6.07 Å². The van der Waals surface area contributed by atoms with E-state index in [1.807, 2.05) is 46.8 Å². The number of phenolic OH excluding ortho intramolecular Hbond substituents is 1. The Bertz CT molecular complexity index is 525. The SMILES string of the molecule is CC(C)(CNC(=O)OC(C)(C)C)NCc1ccc(O)c(Br)c1. The molecule has 1 aromatic carbocycles. The first-order valence-electron chi connectivity index (χ1n) is 7.18. The fourth-order valence-electron chi connectivity index (χ4n) is 1.67. The number of nitrogens with one attached hydrogen (secondary N) is 2. The van der Waals surface area contributed by atoms with Gasteiger partial charge in [0.1, 0.15) is 11.4 Å². The Labute approximate surface area is 140 Å². The molecule has 0 aromatic heterocycles. The standard InChI is InChI=1S/C16H25BrN2O3/c1-15(2,3)22-14(21)18-10-16(4,5)19-9-11-6-7-13(20)12(17)8-11/h6-8,19-20H,9-10H2,1-5H3,(H,18,21). The Balaban J connectivity index is 2.46. The molecule has 1 amide bonds. The van der Waals surface area contributed by atoms with E-state index >= 15 is 0 Å². The van der Waals surface area contributed by atoms with Gasteiger partial charge in [-0.25, -0.2) is 4.79 Å². The quantitative estimate of drug-likeness (QED) is 0.738. The van der Waals surface area contributed by atoms with Crippen molar-refractivity contribution in [2.75, 3.05) is 6.54 Å². The van der Waals surface area contributed by atoms with Crippen LogP contribution in [0.25, 0.3) is 0 Å². The van der Waals surface area contributed by atoms with Crippen LogP contribution in [-0.4, -0.2) is 28.9 Å². The van der Waals surface area contributed by atoms with Crippen molar-refractivity contribution in [3.8, 4) is 5.75 Å². The van der Waals surface area contributed by atoms with E-state index < -0.39 is 11.7 Å². The van der Waals surface area contributed by atoms with Gasteiger partial charge in [0.15, 0.2) is 0 Å². The van der Waals surface area contributed by atoms with E-state index in [4.69, 9.17) is 4.74 Å². The van der Waals surface area contributed by atoms with Crippen molar-refractivity contribution >= 4 is 22.0 Å². The van der Waals surface area contributed by atoms with Gasteiger partial charge in [-0.05, 0) is 68.2 Å². The molecule has 5 nitrogen and oxygen atoms in total. The number of carbonyl (C=O) groups excluding carboxylic acids is 1. The first kappa shape index (κ1) is 18.8. The van der Waals surface area contributed by atoms with Crippen molar-refractivity contribution in [1.82, 2.24) is 10.6 Å². The molecule has 0 bridgehead atoms. The molecule has 0 atom stereocenters. The van der Waals surface area contributed by atoms with Crippen molar-refractivity contribution in [2.24, 2.45) is 0 Å². The first-order chi connectivity index (χ1) is 9.98. The minimum atomic E-state index is -0.500. The number of halogens is 1. The predicted octanol–water partition coefficient (Wildman–Crippen LogP) is 3.55. The number of amides is 1. The molecule has 1 aromatic rings. The maximum absolute atomic E-state index is 11.7. The number of hydrogen-bond acceptors (Lipinski definition) is 4. The number of benzene rings is 1. The maximum Gasteiger partial charge on any atom is 0.407 e. The molecular weight excluding hydrogens is 348 g/mol. The van der Waals surface area contributed by atoms with Crippen LogP contribution in [0.2, 0.25) is 0 Å². The number of alkyl carbamates (subject to hydrolysis) is 1. The molecule has 6 heteroatoms. The van der Waals surface area contributed by atoms with E-state index in [2.05, 4.69) is 26.6 Å². The second-order valence-electron chi connectivity index (χ2n) is 6.88. The summed E-state index contributed by atoms with van der Waals surface area (Å²) in [5.74, 6) is 0.217. The average molecular weight is 373 g/mol. The van der Waals surface area contributed by atoms with Gasteiger partial charge in [-0.2, -0.15) is 0 Å². The minimum Gasteiger partial charge on any atom is -0.507 e. The molecule has 3 N–H and O–H groups in total. The number of hydrogen-bond donors (Lipinski definition) is 3. The van der Waals surface area contributed by atoms with Crippen LogP contribution in [0, 0.1) is 0 Å². The van der Waals surface area contributed by atoms with Gasteiger partial charge in [0.05, 0.1) is 4.47 Å². The lowest BCUT2D eigenvalue weighted by Gasteiger charge is -2.28. The Morgan fingerprint density at radius 2 is 1.91 bits per heavy atom. The number of carbonyl (C=O) groups is 1. The number of ether oxygens (including phenoxy) is 1. The van der Waals surface area contributed by atoms with Crippen molar-refractivity contribution in [1.29, 1.82) is 0 Å². The summed E-state index contributed by atoms with van der Waals surface area (Å²) in [6.07, 6.45) is -0.422. The van der Waals surface area contributed by atoms with Crippen LogP contribution in [0.4, 0.5) is 4.79 Å². The molecule has 0 saturated carbocycles. The zero-order chi connectivity index (χ0) is 17.0. The molecule has 0 fully saturated rings. The Hall–Kier alpha value is -1.27. The zero-order valence-electron chi connectivity index (χ0n) is 13.8. The molecule has 0 heterocycles. The molecule has 0 saturated heterocycles. The number of rotatable bonds is 5. The lowest BCUT2D eigenvalue weighted by atomic mass is 10.1. The van der Waals surface area contributed by atoms with E-state index in [9.17, 15) is 9.90 Å². The Morgan fingerprint density at radius 3 is 2.45 bits per heavy atom. The summed E-state index contributed by atoms with van der Waals surface area (Å²) >= 11 is 3.29. The topological polar surface area (TPSA) is 70.6 Å². The lowest BCUT2D eigenvalue weighted by molar-refractivity contribution is 0.0513. The molecule has 0 radical (unpaired) electrons. The molecule has 0 aliphatic carbocycles. The molecule has 0 unspecified atom stereocenters. The Morgan fingerprint density at radius 1 is 1.27 bits per heavy atom. The first-order valence-corrected chi connectivity index (χ1v) is 7.97. The van der Waals surface area contributed by atoms with Crippen LogP contribution in [0.15, 0.2) is 22.7 Å². The predicted molar refractivity (Wildman–Crippen MR) is 91.0 cm³/mol.